The van der Waals surface area contributed by atoms with Crippen LogP contribution in [0, 0.1) is 0 Å². The number of rotatable bonds is 5. The number of hydrogen-bond donors (Lipinski definition) is 1. The van der Waals surface area contributed by atoms with Crippen LogP contribution < -0.4 is 10.3 Å². The highest BCUT2D eigenvalue weighted by molar-refractivity contribution is 8.14. The summed E-state index contributed by atoms with van der Waals surface area (Å²) in [5.41, 5.74) is 2.17. The van der Waals surface area contributed by atoms with Crippen LogP contribution >= 0.6 is 11.8 Å². The van der Waals surface area contributed by atoms with Crippen LogP contribution in [0.3, 0.4) is 0 Å². The number of nitrogens with zero attached hydrogens (tertiary/aromatic N) is 3. The lowest BCUT2D eigenvalue weighted by Gasteiger charge is -2.36. The van der Waals surface area contributed by atoms with Gasteiger partial charge in [0.05, 0.1) is 33.2 Å². The molecule has 4 heterocycles. The number of benzene rings is 1. The van der Waals surface area contributed by atoms with E-state index in [0.29, 0.717) is 18.8 Å². The lowest BCUT2D eigenvalue weighted by molar-refractivity contribution is -0.0705. The number of aromatic nitrogens is 3. The van der Waals surface area contributed by atoms with Gasteiger partial charge in [-0.3, -0.25) is 19.6 Å². The molecule has 2 aromatic heterocycles. The molecular weight excluding hydrogens is 436 g/mol. The molecule has 172 valence electrons. The van der Waals surface area contributed by atoms with Gasteiger partial charge in [-0.25, -0.2) is 4.99 Å². The molecule has 3 aromatic rings. The van der Waals surface area contributed by atoms with Gasteiger partial charge in [-0.15, -0.1) is 0 Å². The molecule has 7 nitrogen and oxygen atoms in total. The Bertz CT molecular complexity index is 1230. The van der Waals surface area contributed by atoms with Crippen molar-refractivity contribution in [2.24, 2.45) is 4.99 Å². The summed E-state index contributed by atoms with van der Waals surface area (Å²) in [6.07, 6.45) is 3.42. The van der Waals surface area contributed by atoms with E-state index in [1.54, 1.807) is 18.0 Å². The second-order valence-electron chi connectivity index (χ2n) is 9.08. The number of aromatic amines is 1. The summed E-state index contributed by atoms with van der Waals surface area (Å²) in [6.45, 7) is 7.21. The first-order valence-corrected chi connectivity index (χ1v) is 12.1. The Morgan fingerprint density at radius 3 is 2.85 bits per heavy atom. The van der Waals surface area contributed by atoms with E-state index >= 15 is 0 Å². The smallest absolute Gasteiger partial charge is 0.271 e. The van der Waals surface area contributed by atoms with Crippen LogP contribution in [0.1, 0.15) is 61.7 Å². The van der Waals surface area contributed by atoms with Crippen molar-refractivity contribution in [2.45, 2.75) is 57.1 Å². The van der Waals surface area contributed by atoms with Gasteiger partial charge in [-0.05, 0) is 51.8 Å². The molecule has 5 rings (SSSR count). The molecule has 0 saturated carbocycles. The molecule has 1 N–H and O–H groups in total. The first-order valence-electron chi connectivity index (χ1n) is 11.2. The van der Waals surface area contributed by atoms with E-state index in [0.717, 1.165) is 40.7 Å². The second-order valence-corrected chi connectivity index (χ2v) is 10.4. The van der Waals surface area contributed by atoms with E-state index in [2.05, 4.69) is 23.9 Å². The van der Waals surface area contributed by atoms with E-state index in [9.17, 15) is 4.79 Å². The zero-order valence-electron chi connectivity index (χ0n) is 19.1. The maximum Gasteiger partial charge on any atom is 0.271 e. The van der Waals surface area contributed by atoms with Crippen molar-refractivity contribution in [3.8, 4) is 5.75 Å². The molecule has 1 saturated heterocycles. The molecule has 0 radical (unpaired) electrons. The minimum Gasteiger partial charge on any atom is -0.487 e. The Morgan fingerprint density at radius 2 is 2.06 bits per heavy atom. The maximum atomic E-state index is 13.2. The van der Waals surface area contributed by atoms with Gasteiger partial charge in [0.2, 0.25) is 0 Å². The van der Waals surface area contributed by atoms with E-state index in [1.165, 1.54) is 0 Å². The first-order chi connectivity index (χ1) is 15.9. The Morgan fingerprint density at radius 1 is 1.24 bits per heavy atom. The minimum absolute atomic E-state index is 0.0948. The summed E-state index contributed by atoms with van der Waals surface area (Å²) in [6, 6.07) is 13.8. The van der Waals surface area contributed by atoms with Crippen molar-refractivity contribution in [1.82, 2.24) is 14.8 Å². The third kappa shape index (κ3) is 4.50. The fraction of sp³-hybridized carbons (Fsp3) is 0.400. The third-order valence-electron chi connectivity index (χ3n) is 6.09. The molecule has 0 unspecified atom stereocenters. The molecule has 1 aromatic carbocycles. The van der Waals surface area contributed by atoms with Crippen molar-refractivity contribution in [2.75, 3.05) is 6.61 Å². The molecule has 1 fully saturated rings. The average Bonchev–Trinajstić information content (AvgIpc) is 3.13. The first kappa shape index (κ1) is 22.0. The second kappa shape index (κ2) is 8.83. The standard InChI is InChI=1S/C25H28N4O3S/c1-16-27-23-21(24(30)28-29(23)18-11-13-32-25(2,3)14-18)22(33-16)19-9-4-5-10-20(19)31-15-17-8-6-7-12-26-17/h4-10,12,18,22H,11,13-15H2,1-3H3,(H,28,30)/t18-,22+/m1/s1. The highest BCUT2D eigenvalue weighted by atomic mass is 32.2. The van der Waals surface area contributed by atoms with E-state index < -0.39 is 0 Å². The zero-order valence-corrected chi connectivity index (χ0v) is 19.9. The summed E-state index contributed by atoms with van der Waals surface area (Å²) >= 11 is 1.59. The lowest BCUT2D eigenvalue weighted by atomic mass is 9.94. The molecule has 2 aliphatic heterocycles. The summed E-state index contributed by atoms with van der Waals surface area (Å²) < 4.78 is 14.0. The molecule has 33 heavy (non-hydrogen) atoms. The molecular formula is C25H28N4O3S. The van der Waals surface area contributed by atoms with Gasteiger partial charge < -0.3 is 9.47 Å². The SMILES string of the molecule is CC1=Nc2c(c(=O)[nH]n2[C@@H]2CCOC(C)(C)C2)[C@H](c2ccccc2OCc2ccccn2)S1. The number of aliphatic imine (C=N–C) groups is 1. The quantitative estimate of drug-likeness (QED) is 0.564. The van der Waals surface area contributed by atoms with E-state index in [4.69, 9.17) is 14.5 Å². The van der Waals surface area contributed by atoms with Gasteiger partial charge in [-0.1, -0.05) is 36.0 Å². The van der Waals surface area contributed by atoms with E-state index in [-0.39, 0.29) is 22.5 Å². The third-order valence-corrected chi connectivity index (χ3v) is 7.25. The van der Waals surface area contributed by atoms with Gasteiger partial charge in [-0.2, -0.15) is 0 Å². The zero-order chi connectivity index (χ0) is 23.0. The normalized spacial score (nSPS) is 21.8. The number of pyridine rings is 1. The van der Waals surface area contributed by atoms with Crippen LogP contribution in [0.4, 0.5) is 5.82 Å². The number of fused-ring (bicyclic) bond motifs is 1. The molecule has 0 bridgehead atoms. The molecule has 8 heteroatoms. The Kier molecular flexibility index (Phi) is 5.88. The monoisotopic (exact) mass is 464 g/mol. The fourth-order valence-electron chi connectivity index (χ4n) is 4.58. The number of ether oxygens (including phenoxy) is 2. The van der Waals surface area contributed by atoms with Gasteiger partial charge >= 0.3 is 0 Å². The van der Waals surface area contributed by atoms with Crippen LogP contribution in [0.25, 0.3) is 0 Å². The van der Waals surface area contributed by atoms with Crippen LogP contribution in [0.2, 0.25) is 0 Å². The highest BCUT2D eigenvalue weighted by Gasteiger charge is 2.36. The van der Waals surface area contributed by atoms with Crippen LogP contribution in [-0.2, 0) is 11.3 Å². The summed E-state index contributed by atoms with van der Waals surface area (Å²) in [5, 5.41) is 3.82. The topological polar surface area (TPSA) is 81.5 Å². The van der Waals surface area contributed by atoms with Crippen molar-refractivity contribution < 1.29 is 9.47 Å². The average molecular weight is 465 g/mol. The van der Waals surface area contributed by atoms with Gasteiger partial charge in [0.1, 0.15) is 12.4 Å². The predicted molar refractivity (Wildman–Crippen MR) is 131 cm³/mol. The van der Waals surface area contributed by atoms with Gasteiger partial charge in [0, 0.05) is 18.4 Å². The number of hydrogen-bond acceptors (Lipinski definition) is 6. The summed E-state index contributed by atoms with van der Waals surface area (Å²) in [7, 11) is 0. The Labute approximate surface area is 197 Å². The van der Waals surface area contributed by atoms with Crippen LogP contribution in [0.15, 0.2) is 58.4 Å². The van der Waals surface area contributed by atoms with Crippen molar-refractivity contribution in [1.29, 1.82) is 0 Å². The molecule has 0 amide bonds. The minimum atomic E-state index is -0.232. The number of para-hydroxylation sites is 1. The van der Waals surface area contributed by atoms with Crippen molar-refractivity contribution in [3.63, 3.8) is 0 Å². The molecule has 2 aliphatic rings. The molecule has 0 spiro atoms. The predicted octanol–water partition coefficient (Wildman–Crippen LogP) is 5.17. The van der Waals surface area contributed by atoms with Crippen LogP contribution in [0.5, 0.6) is 5.75 Å². The molecule has 0 aliphatic carbocycles. The lowest BCUT2D eigenvalue weighted by Crippen LogP contribution is -2.35. The van der Waals surface area contributed by atoms with Crippen molar-refractivity contribution in [3.05, 3.63) is 75.8 Å². The largest absolute Gasteiger partial charge is 0.487 e. The fourth-order valence-corrected chi connectivity index (χ4v) is 5.71. The number of H-pyrrole nitrogens is 1. The van der Waals surface area contributed by atoms with Gasteiger partial charge in [0.15, 0.2) is 5.82 Å². The van der Waals surface area contributed by atoms with Gasteiger partial charge in [0.25, 0.3) is 5.56 Å². The van der Waals surface area contributed by atoms with Crippen molar-refractivity contribution >= 4 is 22.6 Å². The number of nitrogens with one attached hydrogen (secondary N) is 1. The highest BCUT2D eigenvalue weighted by Crippen LogP contribution is 2.47. The number of thioether (sulfide) groups is 1. The molecule has 2 atom stereocenters. The maximum absolute atomic E-state index is 13.2. The van der Waals surface area contributed by atoms with E-state index in [1.807, 2.05) is 54.1 Å². The van der Waals surface area contributed by atoms with Crippen LogP contribution in [-0.4, -0.2) is 32.0 Å². The Balaban J connectivity index is 1.51. The summed E-state index contributed by atoms with van der Waals surface area (Å²) in [5.74, 6) is 1.48. The summed E-state index contributed by atoms with van der Waals surface area (Å²) in [4.78, 5) is 22.4. The Hall–Kier alpha value is -2.84.